The summed E-state index contributed by atoms with van der Waals surface area (Å²) in [6.45, 7) is 4.22. The molecule has 2 heterocycles. The minimum atomic E-state index is 0.237. The Balaban J connectivity index is 1.71. The summed E-state index contributed by atoms with van der Waals surface area (Å²) in [7, 11) is 0. The van der Waals surface area contributed by atoms with Crippen molar-refractivity contribution in [1.29, 1.82) is 0 Å². The first-order chi connectivity index (χ1) is 9.15. The highest BCUT2D eigenvalue weighted by Crippen LogP contribution is 2.08. The van der Waals surface area contributed by atoms with E-state index < -0.39 is 0 Å². The largest absolute Gasteiger partial charge is 0.361 e. The van der Waals surface area contributed by atoms with Gasteiger partial charge in [-0.05, 0) is 43.3 Å². The number of hydrogen-bond donors (Lipinski definition) is 2. The van der Waals surface area contributed by atoms with Gasteiger partial charge in [-0.2, -0.15) is 0 Å². The lowest BCUT2D eigenvalue weighted by Crippen LogP contribution is -2.37. The predicted octanol–water partition coefficient (Wildman–Crippen LogP) is 1.30. The van der Waals surface area contributed by atoms with Crippen LogP contribution >= 0.6 is 12.2 Å². The highest BCUT2D eigenvalue weighted by atomic mass is 32.1. The summed E-state index contributed by atoms with van der Waals surface area (Å²) in [6, 6.07) is 3.86. The second-order valence-electron chi connectivity index (χ2n) is 4.58. The Bertz CT molecular complexity index is 477. The Morgan fingerprint density at radius 3 is 3.11 bits per heavy atom. The predicted molar refractivity (Wildman–Crippen MR) is 79.0 cm³/mol. The van der Waals surface area contributed by atoms with Crippen LogP contribution in [0.4, 0.5) is 5.82 Å². The second kappa shape index (κ2) is 6.47. The van der Waals surface area contributed by atoms with Gasteiger partial charge >= 0.3 is 0 Å². The third kappa shape index (κ3) is 4.17. The fourth-order valence-electron chi connectivity index (χ4n) is 2.01. The maximum absolute atomic E-state index is 11.4. The van der Waals surface area contributed by atoms with E-state index in [2.05, 4.69) is 15.6 Å². The number of carbonyl (C=O) groups excluding carboxylic acids is 1. The first kappa shape index (κ1) is 13.7. The van der Waals surface area contributed by atoms with Crippen molar-refractivity contribution in [3.05, 3.63) is 23.9 Å². The zero-order valence-corrected chi connectivity index (χ0v) is 11.8. The molecule has 0 saturated carbocycles. The zero-order valence-electron chi connectivity index (χ0n) is 11.0. The van der Waals surface area contributed by atoms with E-state index in [4.69, 9.17) is 12.2 Å². The quantitative estimate of drug-likeness (QED) is 0.813. The number of thiocarbonyl (C=S) groups is 1. The number of carbonyl (C=O) groups is 1. The average Bonchev–Trinajstić information content (AvgIpc) is 2.75. The summed E-state index contributed by atoms with van der Waals surface area (Å²) in [6.07, 6.45) is 3.38. The minimum Gasteiger partial charge on any atom is -0.361 e. The molecule has 0 radical (unpaired) electrons. The molecule has 1 aliphatic rings. The molecule has 1 aromatic rings. The maximum Gasteiger partial charge on any atom is 0.222 e. The first-order valence-corrected chi connectivity index (χ1v) is 6.81. The lowest BCUT2D eigenvalue weighted by Gasteiger charge is -2.16. The number of hydrogen-bond acceptors (Lipinski definition) is 3. The van der Waals surface area contributed by atoms with Gasteiger partial charge in [0.15, 0.2) is 5.11 Å². The van der Waals surface area contributed by atoms with E-state index in [0.29, 0.717) is 24.6 Å². The summed E-state index contributed by atoms with van der Waals surface area (Å²) in [5.41, 5.74) is 1.13. The van der Waals surface area contributed by atoms with Crippen molar-refractivity contribution >= 4 is 29.1 Å². The standard InChI is InChI=1S/C13H18N4OS/c1-10-4-5-14-11(9-10)16-13(19)15-6-8-17-7-2-3-12(17)18/h4-5,9H,2-3,6-8H2,1H3,(H2,14,15,16,19). The van der Waals surface area contributed by atoms with Crippen LogP contribution in [0, 0.1) is 6.92 Å². The molecule has 1 fully saturated rings. The van der Waals surface area contributed by atoms with Crippen LogP contribution in [0.25, 0.3) is 0 Å². The zero-order chi connectivity index (χ0) is 13.7. The molecule has 2 rings (SSSR count). The normalized spacial score (nSPS) is 14.6. The van der Waals surface area contributed by atoms with Gasteiger partial charge in [0.2, 0.25) is 5.91 Å². The van der Waals surface area contributed by atoms with Crippen molar-refractivity contribution in [2.24, 2.45) is 0 Å². The SMILES string of the molecule is Cc1ccnc(NC(=S)NCCN2CCCC2=O)c1. The molecule has 6 heteroatoms. The van der Waals surface area contributed by atoms with Crippen molar-refractivity contribution in [3.63, 3.8) is 0 Å². The molecule has 1 saturated heterocycles. The molecule has 1 aromatic heterocycles. The van der Waals surface area contributed by atoms with E-state index in [0.717, 1.165) is 24.3 Å². The van der Waals surface area contributed by atoms with Crippen LogP contribution in [0.2, 0.25) is 0 Å². The molecule has 1 aliphatic heterocycles. The van der Waals surface area contributed by atoms with Crippen molar-refractivity contribution in [2.45, 2.75) is 19.8 Å². The minimum absolute atomic E-state index is 0.237. The third-order valence-corrected chi connectivity index (χ3v) is 3.24. The van der Waals surface area contributed by atoms with Gasteiger partial charge in [-0.3, -0.25) is 4.79 Å². The second-order valence-corrected chi connectivity index (χ2v) is 4.99. The molecule has 0 unspecified atom stereocenters. The van der Waals surface area contributed by atoms with Crippen LogP contribution in [0.15, 0.2) is 18.3 Å². The van der Waals surface area contributed by atoms with Crippen molar-refractivity contribution < 1.29 is 4.79 Å². The number of likely N-dealkylation sites (tertiary alicyclic amines) is 1. The van der Waals surface area contributed by atoms with Crippen molar-refractivity contribution in [1.82, 2.24) is 15.2 Å². The molecule has 0 aliphatic carbocycles. The number of pyridine rings is 1. The molecular weight excluding hydrogens is 260 g/mol. The number of rotatable bonds is 4. The number of nitrogens with zero attached hydrogens (tertiary/aromatic N) is 2. The molecule has 0 aromatic carbocycles. The number of nitrogens with one attached hydrogen (secondary N) is 2. The summed E-state index contributed by atoms with van der Waals surface area (Å²) in [5, 5.41) is 6.64. The van der Waals surface area contributed by atoms with Crippen LogP contribution in [0.1, 0.15) is 18.4 Å². The molecule has 2 N–H and O–H groups in total. The molecular formula is C13H18N4OS. The lowest BCUT2D eigenvalue weighted by atomic mass is 10.3. The Morgan fingerprint density at radius 2 is 2.42 bits per heavy atom. The number of amides is 1. The summed E-state index contributed by atoms with van der Waals surface area (Å²) >= 11 is 5.18. The number of aryl methyl sites for hydroxylation is 1. The van der Waals surface area contributed by atoms with Gasteiger partial charge in [0, 0.05) is 32.3 Å². The molecule has 0 bridgehead atoms. The number of aromatic nitrogens is 1. The Kier molecular flexibility index (Phi) is 4.68. The van der Waals surface area contributed by atoms with Gasteiger partial charge in [-0.1, -0.05) is 0 Å². The maximum atomic E-state index is 11.4. The van der Waals surface area contributed by atoms with Gasteiger partial charge < -0.3 is 15.5 Å². The topological polar surface area (TPSA) is 57.3 Å². The fraction of sp³-hybridized carbons (Fsp3) is 0.462. The van der Waals surface area contributed by atoms with Gasteiger partial charge in [0.1, 0.15) is 5.82 Å². The number of anilines is 1. The molecule has 0 atom stereocenters. The summed E-state index contributed by atoms with van der Waals surface area (Å²) in [4.78, 5) is 17.5. The van der Waals surface area contributed by atoms with E-state index in [-0.39, 0.29) is 5.91 Å². The van der Waals surface area contributed by atoms with Crippen molar-refractivity contribution in [2.75, 3.05) is 25.0 Å². The highest BCUT2D eigenvalue weighted by Gasteiger charge is 2.19. The van der Waals surface area contributed by atoms with Crippen LogP contribution in [-0.4, -0.2) is 40.5 Å². The van der Waals surface area contributed by atoms with Gasteiger partial charge in [-0.15, -0.1) is 0 Å². The monoisotopic (exact) mass is 278 g/mol. The molecule has 5 nitrogen and oxygen atoms in total. The fourth-order valence-corrected chi connectivity index (χ4v) is 2.22. The van der Waals surface area contributed by atoms with E-state index in [1.54, 1.807) is 6.20 Å². The Morgan fingerprint density at radius 1 is 1.58 bits per heavy atom. The highest BCUT2D eigenvalue weighted by molar-refractivity contribution is 7.80. The third-order valence-electron chi connectivity index (χ3n) is 3.00. The Labute approximate surface area is 118 Å². The van der Waals surface area contributed by atoms with E-state index in [9.17, 15) is 4.79 Å². The van der Waals surface area contributed by atoms with Crippen LogP contribution in [0.3, 0.4) is 0 Å². The van der Waals surface area contributed by atoms with Crippen LogP contribution in [-0.2, 0) is 4.79 Å². The van der Waals surface area contributed by atoms with Gasteiger partial charge in [-0.25, -0.2) is 4.98 Å². The van der Waals surface area contributed by atoms with Crippen LogP contribution in [0.5, 0.6) is 0 Å². The summed E-state index contributed by atoms with van der Waals surface area (Å²) < 4.78 is 0. The van der Waals surface area contributed by atoms with Crippen molar-refractivity contribution in [3.8, 4) is 0 Å². The molecule has 0 spiro atoms. The van der Waals surface area contributed by atoms with Gasteiger partial charge in [0.25, 0.3) is 0 Å². The Hall–Kier alpha value is -1.69. The molecule has 102 valence electrons. The lowest BCUT2D eigenvalue weighted by molar-refractivity contribution is -0.127. The molecule has 1 amide bonds. The van der Waals surface area contributed by atoms with Gasteiger partial charge in [0.05, 0.1) is 0 Å². The van der Waals surface area contributed by atoms with Crippen LogP contribution < -0.4 is 10.6 Å². The van der Waals surface area contributed by atoms with E-state index in [1.807, 2.05) is 24.0 Å². The first-order valence-electron chi connectivity index (χ1n) is 6.40. The smallest absolute Gasteiger partial charge is 0.222 e. The van der Waals surface area contributed by atoms with E-state index in [1.165, 1.54) is 0 Å². The van der Waals surface area contributed by atoms with E-state index >= 15 is 0 Å². The summed E-state index contributed by atoms with van der Waals surface area (Å²) in [5.74, 6) is 0.968. The average molecular weight is 278 g/mol. The molecule has 19 heavy (non-hydrogen) atoms.